The topological polar surface area (TPSA) is 65.3 Å². The summed E-state index contributed by atoms with van der Waals surface area (Å²) in [4.78, 5) is 13.8. The highest BCUT2D eigenvalue weighted by molar-refractivity contribution is 6.19. The van der Waals surface area contributed by atoms with Gasteiger partial charge in [0.2, 0.25) is 5.88 Å². The zero-order valence-corrected chi connectivity index (χ0v) is 8.77. The molecule has 0 atom stereocenters. The van der Waals surface area contributed by atoms with Crippen molar-refractivity contribution in [1.82, 2.24) is 4.98 Å². The molecule has 0 N–H and O–H groups in total. The average Bonchev–Trinajstić information content (AvgIpc) is 2.25. The highest BCUT2D eigenvalue weighted by Gasteiger charge is 2.10. The maximum Gasteiger partial charge on any atom is 0.288 e. The molecule has 1 aromatic heterocycles. The fourth-order valence-corrected chi connectivity index (χ4v) is 1.11. The van der Waals surface area contributed by atoms with Crippen LogP contribution in [-0.2, 0) is 0 Å². The summed E-state index contributed by atoms with van der Waals surface area (Å²) in [5, 5.41) is 10.5. The number of halogens is 1. The Kier molecular flexibility index (Phi) is 4.05. The van der Waals surface area contributed by atoms with E-state index in [0.29, 0.717) is 17.3 Å². The van der Waals surface area contributed by atoms with Crippen molar-refractivity contribution in [2.45, 2.75) is 0 Å². The van der Waals surface area contributed by atoms with Crippen molar-refractivity contribution in [2.24, 2.45) is 0 Å². The fraction of sp³-hybridized carbons (Fsp3) is 0.222. The molecule has 0 aromatic carbocycles. The normalized spacial score (nSPS) is 10.5. The monoisotopic (exact) mass is 228 g/mol. The van der Waals surface area contributed by atoms with Crippen molar-refractivity contribution in [3.63, 3.8) is 0 Å². The third-order valence-corrected chi connectivity index (χ3v) is 1.83. The first-order chi connectivity index (χ1) is 7.19. The lowest BCUT2D eigenvalue weighted by Gasteiger charge is -2.02. The Morgan fingerprint density at radius 1 is 1.73 bits per heavy atom. The smallest absolute Gasteiger partial charge is 0.288 e. The maximum absolute atomic E-state index is 10.5. The summed E-state index contributed by atoms with van der Waals surface area (Å²) in [5.41, 5.74) is 0.456. The van der Waals surface area contributed by atoms with Gasteiger partial charge in [0.25, 0.3) is 5.69 Å². The van der Waals surface area contributed by atoms with Gasteiger partial charge in [-0.2, -0.15) is 0 Å². The van der Waals surface area contributed by atoms with Gasteiger partial charge in [-0.3, -0.25) is 10.1 Å². The molecule has 0 aliphatic rings. The molecular formula is C9H9ClN2O3. The van der Waals surface area contributed by atoms with Crippen LogP contribution >= 0.6 is 11.6 Å². The highest BCUT2D eigenvalue weighted by Crippen LogP contribution is 2.21. The molecule has 1 aromatic rings. The van der Waals surface area contributed by atoms with E-state index in [1.165, 1.54) is 13.2 Å². The zero-order chi connectivity index (χ0) is 11.3. The quantitative estimate of drug-likeness (QED) is 0.450. The molecule has 0 aliphatic carbocycles. The number of hydrogen-bond donors (Lipinski definition) is 0. The zero-order valence-electron chi connectivity index (χ0n) is 8.01. The van der Waals surface area contributed by atoms with Crippen LogP contribution in [0.2, 0.25) is 0 Å². The molecule has 6 heteroatoms. The molecule has 0 bridgehead atoms. The van der Waals surface area contributed by atoms with Gasteiger partial charge in [-0.05, 0) is 0 Å². The number of hydrogen-bond acceptors (Lipinski definition) is 4. The van der Waals surface area contributed by atoms with Crippen LogP contribution in [0.5, 0.6) is 5.88 Å². The van der Waals surface area contributed by atoms with E-state index in [1.807, 2.05) is 0 Å². The Morgan fingerprint density at radius 2 is 2.47 bits per heavy atom. The number of ether oxygens (including phenoxy) is 1. The molecule has 80 valence electrons. The van der Waals surface area contributed by atoms with Crippen molar-refractivity contribution in [2.75, 3.05) is 13.0 Å². The van der Waals surface area contributed by atoms with Gasteiger partial charge in [0.15, 0.2) is 0 Å². The molecule has 0 radical (unpaired) electrons. The Labute approximate surface area is 91.5 Å². The predicted molar refractivity (Wildman–Crippen MR) is 57.2 cm³/mol. The Morgan fingerprint density at radius 3 is 3.00 bits per heavy atom. The van der Waals surface area contributed by atoms with E-state index >= 15 is 0 Å². The third kappa shape index (κ3) is 2.92. The van der Waals surface area contributed by atoms with E-state index < -0.39 is 4.92 Å². The number of rotatable bonds is 4. The van der Waals surface area contributed by atoms with Crippen LogP contribution in [0.25, 0.3) is 6.08 Å². The molecule has 0 saturated carbocycles. The van der Waals surface area contributed by atoms with E-state index in [2.05, 4.69) is 4.98 Å². The van der Waals surface area contributed by atoms with Crippen LogP contribution in [0.4, 0.5) is 5.69 Å². The number of pyridine rings is 1. The van der Waals surface area contributed by atoms with Crippen molar-refractivity contribution >= 4 is 23.4 Å². The molecule has 0 saturated heterocycles. The predicted octanol–water partition coefficient (Wildman–Crippen LogP) is 2.25. The minimum atomic E-state index is -0.509. The van der Waals surface area contributed by atoms with Crippen LogP contribution in [0.1, 0.15) is 5.56 Å². The summed E-state index contributed by atoms with van der Waals surface area (Å²) in [5.74, 6) is 0.660. The van der Waals surface area contributed by atoms with Crippen molar-refractivity contribution < 1.29 is 9.66 Å². The van der Waals surface area contributed by atoms with E-state index in [0.717, 1.165) is 6.20 Å². The first kappa shape index (κ1) is 11.5. The van der Waals surface area contributed by atoms with Crippen molar-refractivity contribution in [1.29, 1.82) is 0 Å². The first-order valence-electron chi connectivity index (χ1n) is 4.10. The Hall–Kier alpha value is -1.62. The highest BCUT2D eigenvalue weighted by atomic mass is 35.5. The Balaban J connectivity index is 3.13. The summed E-state index contributed by atoms with van der Waals surface area (Å²) in [6, 6.07) is 1.38. The lowest BCUT2D eigenvalue weighted by Crippen LogP contribution is -1.94. The number of aromatic nitrogens is 1. The molecule has 0 amide bonds. The van der Waals surface area contributed by atoms with Crippen LogP contribution in [0.15, 0.2) is 18.3 Å². The lowest BCUT2D eigenvalue weighted by molar-refractivity contribution is -0.385. The molecule has 15 heavy (non-hydrogen) atoms. The molecule has 0 unspecified atom stereocenters. The first-order valence-corrected chi connectivity index (χ1v) is 4.63. The maximum atomic E-state index is 10.5. The van der Waals surface area contributed by atoms with Gasteiger partial charge < -0.3 is 4.74 Å². The second kappa shape index (κ2) is 5.31. The van der Waals surface area contributed by atoms with Crippen molar-refractivity contribution in [3.05, 3.63) is 34.0 Å². The molecule has 0 fully saturated rings. The largest absolute Gasteiger partial charge is 0.481 e. The molecule has 0 aliphatic heterocycles. The third-order valence-electron chi connectivity index (χ3n) is 1.66. The van der Waals surface area contributed by atoms with Gasteiger partial charge in [0.05, 0.1) is 12.0 Å². The van der Waals surface area contributed by atoms with Crippen LogP contribution in [0, 0.1) is 10.1 Å². The van der Waals surface area contributed by atoms with Crippen LogP contribution in [-0.4, -0.2) is 22.9 Å². The number of methoxy groups -OCH3 is 1. The van der Waals surface area contributed by atoms with Crippen LogP contribution < -0.4 is 4.74 Å². The second-order valence-corrected chi connectivity index (χ2v) is 2.91. The second-order valence-electron chi connectivity index (χ2n) is 2.61. The number of alkyl halides is 1. The minimum absolute atomic E-state index is 0.0787. The number of nitrogens with zero attached hydrogens (tertiary/aromatic N) is 2. The molecule has 0 spiro atoms. The fourth-order valence-electron chi connectivity index (χ4n) is 1.02. The van der Waals surface area contributed by atoms with Gasteiger partial charge in [0.1, 0.15) is 6.20 Å². The van der Waals surface area contributed by atoms with Crippen molar-refractivity contribution in [3.8, 4) is 5.88 Å². The van der Waals surface area contributed by atoms with Gasteiger partial charge in [-0.1, -0.05) is 12.2 Å². The van der Waals surface area contributed by atoms with Gasteiger partial charge in [-0.25, -0.2) is 4.98 Å². The minimum Gasteiger partial charge on any atom is -0.481 e. The molecular weight excluding hydrogens is 220 g/mol. The van der Waals surface area contributed by atoms with Gasteiger partial charge in [0, 0.05) is 17.5 Å². The van der Waals surface area contributed by atoms with Gasteiger partial charge >= 0.3 is 0 Å². The number of allylic oxidation sites excluding steroid dienone is 1. The average molecular weight is 229 g/mol. The summed E-state index contributed by atoms with van der Waals surface area (Å²) in [6.45, 7) is 0. The molecule has 5 nitrogen and oxygen atoms in total. The Bertz CT molecular complexity index is 393. The molecule has 1 rings (SSSR count). The van der Waals surface area contributed by atoms with E-state index in [9.17, 15) is 10.1 Å². The summed E-state index contributed by atoms with van der Waals surface area (Å²) >= 11 is 5.47. The number of nitro groups is 1. The van der Waals surface area contributed by atoms with Gasteiger partial charge in [-0.15, -0.1) is 11.6 Å². The summed E-state index contributed by atoms with van der Waals surface area (Å²) in [6.07, 6.45) is 4.44. The lowest BCUT2D eigenvalue weighted by atomic mass is 10.2. The summed E-state index contributed by atoms with van der Waals surface area (Å²) in [7, 11) is 1.45. The van der Waals surface area contributed by atoms with E-state index in [1.54, 1.807) is 12.2 Å². The molecule has 1 heterocycles. The summed E-state index contributed by atoms with van der Waals surface area (Å²) < 4.78 is 4.95. The van der Waals surface area contributed by atoms with E-state index in [-0.39, 0.29) is 5.69 Å². The van der Waals surface area contributed by atoms with Crippen LogP contribution in [0.3, 0.4) is 0 Å². The standard InChI is InChI=1S/C9H9ClN2O3/c1-15-9-7(3-2-4-10)5-8(6-11-9)12(13)14/h2-3,5-6H,4H2,1H3. The van der Waals surface area contributed by atoms with E-state index in [4.69, 9.17) is 16.3 Å². The SMILES string of the molecule is COc1ncc([N+](=O)[O-])cc1C=CCCl.